The van der Waals surface area contributed by atoms with Crippen LogP contribution in [0, 0.1) is 0 Å². The van der Waals surface area contributed by atoms with Crippen LogP contribution in [0.4, 0.5) is 26.3 Å². The van der Waals surface area contributed by atoms with Gasteiger partial charge >= 0.3 is 12.1 Å². The Kier molecular flexibility index (Phi) is 3.78. The Hall–Kier alpha value is -1.21. The lowest BCUT2D eigenvalue weighted by molar-refractivity contribution is -0.226. The van der Waals surface area contributed by atoms with Crippen LogP contribution >= 0.6 is 0 Å². The molecule has 1 atom stereocenters. The zero-order valence-corrected chi connectivity index (χ0v) is 7.33. The Labute approximate surface area is 80.2 Å². The highest BCUT2D eigenvalue weighted by molar-refractivity contribution is 5.86. The van der Waals surface area contributed by atoms with E-state index in [9.17, 15) is 31.1 Å². The van der Waals surface area contributed by atoms with Crippen molar-refractivity contribution in [2.45, 2.75) is 18.8 Å². The summed E-state index contributed by atoms with van der Waals surface area (Å²) in [7, 11) is 0. The highest BCUT2D eigenvalue weighted by Crippen LogP contribution is 2.41. The van der Waals surface area contributed by atoms with Gasteiger partial charge in [-0.1, -0.05) is 0 Å². The number of alkyl halides is 5. The van der Waals surface area contributed by atoms with E-state index in [1.165, 1.54) is 0 Å². The summed E-state index contributed by atoms with van der Waals surface area (Å²) >= 11 is 0. The Morgan fingerprint density at radius 2 is 1.67 bits per heavy atom. The number of halogens is 6. The van der Waals surface area contributed by atoms with Gasteiger partial charge in [0.15, 0.2) is 5.83 Å². The highest BCUT2D eigenvalue weighted by atomic mass is 19.4. The maximum Gasteiger partial charge on any atom is 0.431 e. The van der Waals surface area contributed by atoms with Crippen LogP contribution in [0.5, 0.6) is 0 Å². The van der Waals surface area contributed by atoms with E-state index < -0.39 is 35.9 Å². The summed E-state index contributed by atoms with van der Waals surface area (Å²) in [6, 6.07) is 0. The van der Waals surface area contributed by atoms with Crippen molar-refractivity contribution in [2.24, 2.45) is 0 Å². The zero-order valence-electron chi connectivity index (χ0n) is 7.33. The van der Waals surface area contributed by atoms with Crippen LogP contribution in [-0.2, 0) is 4.79 Å². The van der Waals surface area contributed by atoms with Gasteiger partial charge < -0.3 is 5.11 Å². The normalized spacial score (nSPS) is 18.1. The Morgan fingerprint density at radius 3 is 1.87 bits per heavy atom. The molecule has 0 rings (SSSR count). The fourth-order valence-electron chi connectivity index (χ4n) is 0.650. The van der Waals surface area contributed by atoms with Crippen molar-refractivity contribution in [1.29, 1.82) is 0 Å². The number of carbonyl (C=O) groups is 1. The van der Waals surface area contributed by atoms with E-state index in [0.29, 0.717) is 6.92 Å². The number of hydrogen-bond donors (Lipinski definition) is 1. The standard InChI is InChI=1S/C7H6F6O2/c1-3(5(14)15)4(9)6(10,2-8)7(11,12)13/h2H2,1H3,(H,14,15)/b4-3-/t6-/m1/s1. The van der Waals surface area contributed by atoms with Crippen LogP contribution in [0.1, 0.15) is 6.92 Å². The lowest BCUT2D eigenvalue weighted by Crippen LogP contribution is -2.44. The molecule has 0 unspecified atom stereocenters. The molecule has 0 fully saturated rings. The Balaban J connectivity index is 5.52. The second-order valence-electron chi connectivity index (χ2n) is 2.68. The summed E-state index contributed by atoms with van der Waals surface area (Å²) in [6.45, 7) is -2.31. The largest absolute Gasteiger partial charge is 0.478 e. The van der Waals surface area contributed by atoms with Crippen LogP contribution in [-0.4, -0.2) is 29.6 Å². The molecule has 0 spiro atoms. The summed E-state index contributed by atoms with van der Waals surface area (Å²) in [5, 5.41) is 8.12. The molecule has 8 heteroatoms. The van der Waals surface area contributed by atoms with Crippen LogP contribution in [0.3, 0.4) is 0 Å². The molecule has 88 valence electrons. The Bertz CT molecular complexity index is 294. The van der Waals surface area contributed by atoms with Crippen LogP contribution < -0.4 is 0 Å². The van der Waals surface area contributed by atoms with E-state index in [2.05, 4.69) is 0 Å². The molecule has 0 amide bonds. The minimum Gasteiger partial charge on any atom is -0.478 e. The molecule has 0 aliphatic heterocycles. The molecular formula is C7H6F6O2. The van der Waals surface area contributed by atoms with Gasteiger partial charge in [-0.2, -0.15) is 13.2 Å². The first-order valence-electron chi connectivity index (χ1n) is 3.49. The van der Waals surface area contributed by atoms with E-state index >= 15 is 0 Å². The van der Waals surface area contributed by atoms with E-state index in [1.807, 2.05) is 0 Å². The van der Waals surface area contributed by atoms with Crippen molar-refractivity contribution in [3.05, 3.63) is 11.4 Å². The first kappa shape index (κ1) is 13.8. The minimum absolute atomic E-state index is 0.410. The molecule has 0 aliphatic carbocycles. The second-order valence-corrected chi connectivity index (χ2v) is 2.68. The Morgan fingerprint density at radius 1 is 1.27 bits per heavy atom. The summed E-state index contributed by atoms with van der Waals surface area (Å²) in [5.41, 5.74) is -6.41. The third kappa shape index (κ3) is 2.42. The van der Waals surface area contributed by atoms with Gasteiger partial charge in [-0.3, -0.25) is 0 Å². The smallest absolute Gasteiger partial charge is 0.431 e. The molecule has 0 aromatic carbocycles. The van der Waals surface area contributed by atoms with Gasteiger partial charge in [0.05, 0.1) is 5.57 Å². The maximum atomic E-state index is 12.8. The van der Waals surface area contributed by atoms with Gasteiger partial charge in [0.1, 0.15) is 6.67 Å². The molecule has 0 bridgehead atoms. The first-order valence-corrected chi connectivity index (χ1v) is 3.49. The van der Waals surface area contributed by atoms with Gasteiger partial charge in [0, 0.05) is 0 Å². The highest BCUT2D eigenvalue weighted by Gasteiger charge is 2.61. The summed E-state index contributed by atoms with van der Waals surface area (Å²) in [6.07, 6.45) is -5.84. The number of aliphatic carboxylic acids is 1. The zero-order chi connectivity index (χ0) is 12.4. The molecule has 0 heterocycles. The predicted octanol–water partition coefficient (Wildman–Crippen LogP) is 2.55. The van der Waals surface area contributed by atoms with E-state index in [4.69, 9.17) is 5.11 Å². The second kappa shape index (κ2) is 4.11. The van der Waals surface area contributed by atoms with Crippen molar-refractivity contribution in [1.82, 2.24) is 0 Å². The van der Waals surface area contributed by atoms with Gasteiger partial charge in [-0.15, -0.1) is 0 Å². The van der Waals surface area contributed by atoms with Crippen molar-refractivity contribution >= 4 is 5.97 Å². The third-order valence-corrected chi connectivity index (χ3v) is 1.63. The fraction of sp³-hybridized carbons (Fsp3) is 0.571. The molecule has 15 heavy (non-hydrogen) atoms. The average Bonchev–Trinajstić information content (AvgIpc) is 2.12. The SMILES string of the molecule is C/C(C(=O)O)=C(/F)[C@](F)(CF)C(F)(F)F. The lowest BCUT2D eigenvalue weighted by Gasteiger charge is -2.23. The molecular weight excluding hydrogens is 230 g/mol. The molecule has 0 aromatic heterocycles. The van der Waals surface area contributed by atoms with Crippen molar-refractivity contribution in [2.75, 3.05) is 6.67 Å². The van der Waals surface area contributed by atoms with Gasteiger partial charge in [0.25, 0.3) is 5.67 Å². The molecule has 0 saturated carbocycles. The summed E-state index contributed by atoms with van der Waals surface area (Å²) in [4.78, 5) is 10.1. The quantitative estimate of drug-likeness (QED) is 0.604. The first-order chi connectivity index (χ1) is 6.58. The van der Waals surface area contributed by atoms with E-state index in [0.717, 1.165) is 0 Å². The predicted molar refractivity (Wildman–Crippen MR) is 37.3 cm³/mol. The topological polar surface area (TPSA) is 37.3 Å². The number of carboxylic acids is 1. The minimum atomic E-state index is -5.84. The molecule has 2 nitrogen and oxygen atoms in total. The van der Waals surface area contributed by atoms with Crippen LogP contribution in [0.15, 0.2) is 11.4 Å². The monoisotopic (exact) mass is 236 g/mol. The van der Waals surface area contributed by atoms with Crippen molar-refractivity contribution in [3.8, 4) is 0 Å². The number of allylic oxidation sites excluding steroid dienone is 1. The molecule has 0 aliphatic rings. The summed E-state index contributed by atoms with van der Waals surface area (Å²) < 4.78 is 73.1. The average molecular weight is 236 g/mol. The van der Waals surface area contributed by atoms with Crippen molar-refractivity contribution < 1.29 is 36.2 Å². The molecule has 0 aromatic rings. The fourth-order valence-corrected chi connectivity index (χ4v) is 0.650. The van der Waals surface area contributed by atoms with Gasteiger partial charge in [0.2, 0.25) is 0 Å². The number of hydrogen-bond acceptors (Lipinski definition) is 1. The number of rotatable bonds is 3. The molecule has 0 radical (unpaired) electrons. The van der Waals surface area contributed by atoms with Gasteiger partial charge in [-0.25, -0.2) is 18.0 Å². The van der Waals surface area contributed by atoms with E-state index in [-0.39, 0.29) is 0 Å². The number of carboxylic acid groups (broad SMARTS) is 1. The lowest BCUT2D eigenvalue weighted by atomic mass is 10.0. The summed E-state index contributed by atoms with van der Waals surface area (Å²) in [5.74, 6) is -4.77. The van der Waals surface area contributed by atoms with Crippen LogP contribution in [0.25, 0.3) is 0 Å². The molecule has 1 N–H and O–H groups in total. The van der Waals surface area contributed by atoms with E-state index in [1.54, 1.807) is 0 Å². The molecule has 0 saturated heterocycles. The van der Waals surface area contributed by atoms with Crippen LogP contribution in [0.2, 0.25) is 0 Å². The van der Waals surface area contributed by atoms with Gasteiger partial charge in [-0.05, 0) is 6.92 Å². The van der Waals surface area contributed by atoms with Crippen molar-refractivity contribution in [3.63, 3.8) is 0 Å². The third-order valence-electron chi connectivity index (χ3n) is 1.63. The maximum absolute atomic E-state index is 12.8.